The number of carbonyl (C=O) groups is 3. The highest BCUT2D eigenvalue weighted by atomic mass is 16.5. The van der Waals surface area contributed by atoms with Crippen LogP contribution in [0.1, 0.15) is 34.6 Å². The molecule has 0 atom stereocenters. The predicted octanol–water partition coefficient (Wildman–Crippen LogP) is 1.08. The van der Waals surface area contributed by atoms with Gasteiger partial charge in [-0.1, -0.05) is 0 Å². The van der Waals surface area contributed by atoms with E-state index in [1.54, 1.807) is 20.8 Å². The van der Waals surface area contributed by atoms with Gasteiger partial charge in [0.2, 0.25) is 0 Å². The number of nitrogens with zero attached hydrogens (tertiary/aromatic N) is 1. The van der Waals surface area contributed by atoms with Crippen LogP contribution in [0.25, 0.3) is 0 Å². The molecule has 0 aliphatic carbocycles. The van der Waals surface area contributed by atoms with Crippen LogP contribution in [0.5, 0.6) is 0 Å². The molecule has 0 spiro atoms. The number of esters is 1. The number of urea groups is 1. The lowest BCUT2D eigenvalue weighted by Gasteiger charge is -2.39. The Balaban J connectivity index is 4.74. The second kappa shape index (κ2) is 6.58. The molecule has 0 aromatic heterocycles. The fraction of sp³-hybridized carbons (Fsp3) is 0.769. The topological polar surface area (TPSA) is 95.9 Å². The number of hydrogen-bond donors (Lipinski definition) is 2. The molecule has 20 heavy (non-hydrogen) atoms. The van der Waals surface area contributed by atoms with E-state index in [1.807, 2.05) is 0 Å². The fourth-order valence-corrected chi connectivity index (χ4v) is 1.26. The van der Waals surface area contributed by atoms with Crippen molar-refractivity contribution in [1.82, 2.24) is 10.2 Å². The summed E-state index contributed by atoms with van der Waals surface area (Å²) >= 11 is 0. The second-order valence-electron chi connectivity index (χ2n) is 5.65. The number of carboxylic acids is 1. The molecule has 116 valence electrons. The molecule has 7 heteroatoms. The van der Waals surface area contributed by atoms with Gasteiger partial charge < -0.3 is 20.1 Å². The van der Waals surface area contributed by atoms with Gasteiger partial charge in [0.25, 0.3) is 0 Å². The molecule has 0 saturated carbocycles. The Hall–Kier alpha value is -1.79. The summed E-state index contributed by atoms with van der Waals surface area (Å²) in [6.07, 6.45) is 0. The van der Waals surface area contributed by atoms with E-state index in [-0.39, 0.29) is 13.2 Å². The lowest BCUT2D eigenvalue weighted by Crippen LogP contribution is -2.59. The summed E-state index contributed by atoms with van der Waals surface area (Å²) in [7, 11) is 1.44. The summed E-state index contributed by atoms with van der Waals surface area (Å²) in [5.41, 5.74) is -2.15. The van der Waals surface area contributed by atoms with Gasteiger partial charge in [0, 0.05) is 7.05 Å². The third-order valence-corrected chi connectivity index (χ3v) is 3.53. The maximum atomic E-state index is 12.0. The SMILES string of the molecule is CCOC(=O)CN(C)C(=O)NC(C)(C)C(C)(C)C(=O)O. The number of carbonyl (C=O) groups excluding carboxylic acids is 2. The highest BCUT2D eigenvalue weighted by molar-refractivity contribution is 5.82. The van der Waals surface area contributed by atoms with Crippen molar-refractivity contribution in [2.75, 3.05) is 20.2 Å². The Morgan fingerprint density at radius 1 is 1.20 bits per heavy atom. The quantitative estimate of drug-likeness (QED) is 0.713. The van der Waals surface area contributed by atoms with Gasteiger partial charge in [-0.2, -0.15) is 0 Å². The normalized spacial score (nSPS) is 11.7. The molecule has 0 unspecified atom stereocenters. The zero-order valence-corrected chi connectivity index (χ0v) is 12.9. The lowest BCUT2D eigenvalue weighted by atomic mass is 9.74. The molecule has 7 nitrogen and oxygen atoms in total. The van der Waals surface area contributed by atoms with Crippen molar-refractivity contribution < 1.29 is 24.2 Å². The van der Waals surface area contributed by atoms with Crippen molar-refractivity contribution in [2.45, 2.75) is 40.2 Å². The van der Waals surface area contributed by atoms with Gasteiger partial charge in [-0.3, -0.25) is 9.59 Å². The first-order valence-electron chi connectivity index (χ1n) is 6.38. The molecule has 2 amide bonds. The van der Waals surface area contributed by atoms with Crippen LogP contribution in [0.2, 0.25) is 0 Å². The third kappa shape index (κ3) is 4.40. The molecular formula is C13H24N2O5. The Morgan fingerprint density at radius 3 is 2.10 bits per heavy atom. The number of hydrogen-bond acceptors (Lipinski definition) is 4. The van der Waals surface area contributed by atoms with Gasteiger partial charge in [-0.15, -0.1) is 0 Å². The first-order chi connectivity index (χ1) is 8.95. The molecule has 0 bridgehead atoms. The number of rotatable bonds is 6. The Bertz CT molecular complexity index is 390. The van der Waals surface area contributed by atoms with Gasteiger partial charge in [0.05, 0.1) is 17.6 Å². The van der Waals surface area contributed by atoms with Gasteiger partial charge in [0.1, 0.15) is 6.54 Å². The number of carboxylic acid groups (broad SMARTS) is 1. The van der Waals surface area contributed by atoms with Crippen molar-refractivity contribution in [1.29, 1.82) is 0 Å². The van der Waals surface area contributed by atoms with Crippen molar-refractivity contribution >= 4 is 18.0 Å². The maximum Gasteiger partial charge on any atom is 0.325 e. The summed E-state index contributed by atoms with van der Waals surface area (Å²) in [6.45, 7) is 8.03. The van der Waals surface area contributed by atoms with Crippen molar-refractivity contribution in [3.8, 4) is 0 Å². The summed E-state index contributed by atoms with van der Waals surface area (Å²) in [6, 6.07) is -0.530. The minimum Gasteiger partial charge on any atom is -0.481 e. The number of aliphatic carboxylic acids is 1. The smallest absolute Gasteiger partial charge is 0.325 e. The molecule has 0 aromatic rings. The summed E-state index contributed by atoms with van der Waals surface area (Å²) in [4.78, 5) is 35.7. The van der Waals surface area contributed by atoms with E-state index in [9.17, 15) is 19.5 Å². The van der Waals surface area contributed by atoms with Gasteiger partial charge >= 0.3 is 18.0 Å². The molecule has 0 fully saturated rings. The van der Waals surface area contributed by atoms with Gasteiger partial charge in [0.15, 0.2) is 0 Å². The third-order valence-electron chi connectivity index (χ3n) is 3.53. The van der Waals surface area contributed by atoms with Crippen molar-refractivity contribution in [3.63, 3.8) is 0 Å². The van der Waals surface area contributed by atoms with E-state index in [1.165, 1.54) is 20.9 Å². The summed E-state index contributed by atoms with van der Waals surface area (Å²) in [5, 5.41) is 11.8. The monoisotopic (exact) mass is 288 g/mol. The zero-order chi connectivity index (χ0) is 16.1. The number of likely N-dealkylation sites (N-methyl/N-ethyl adjacent to an activating group) is 1. The zero-order valence-electron chi connectivity index (χ0n) is 12.9. The summed E-state index contributed by atoms with van der Waals surface area (Å²) in [5.74, 6) is -1.53. The average molecular weight is 288 g/mol. The van der Waals surface area contributed by atoms with E-state index in [0.717, 1.165) is 4.90 Å². The predicted molar refractivity (Wildman–Crippen MR) is 73.3 cm³/mol. The number of ether oxygens (including phenoxy) is 1. The van der Waals surface area contributed by atoms with Gasteiger partial charge in [-0.25, -0.2) is 4.79 Å². The Labute approximate surface area is 119 Å². The van der Waals surface area contributed by atoms with Crippen LogP contribution in [0.15, 0.2) is 0 Å². The van der Waals surface area contributed by atoms with Gasteiger partial charge in [-0.05, 0) is 34.6 Å². The Morgan fingerprint density at radius 2 is 1.70 bits per heavy atom. The van der Waals surface area contributed by atoms with E-state index in [2.05, 4.69) is 5.32 Å². The minimum atomic E-state index is -1.16. The molecule has 0 rings (SSSR count). The standard InChI is InChI=1S/C13H24N2O5/c1-7-20-9(16)8-15(6)11(19)14-13(4,5)12(2,3)10(17)18/h7-8H2,1-6H3,(H,14,19)(H,17,18). The first kappa shape index (κ1) is 18.2. The minimum absolute atomic E-state index is 0.191. The molecule has 0 aliphatic heterocycles. The molecule has 0 saturated heterocycles. The summed E-state index contributed by atoms with van der Waals surface area (Å²) < 4.78 is 4.74. The van der Waals surface area contributed by atoms with Crippen LogP contribution in [0, 0.1) is 5.41 Å². The highest BCUT2D eigenvalue weighted by Gasteiger charge is 2.44. The lowest BCUT2D eigenvalue weighted by molar-refractivity contribution is -0.151. The molecule has 0 aliphatic rings. The molecule has 2 N–H and O–H groups in total. The van der Waals surface area contributed by atoms with E-state index >= 15 is 0 Å². The highest BCUT2D eigenvalue weighted by Crippen LogP contribution is 2.30. The average Bonchev–Trinajstić information content (AvgIpc) is 2.27. The van der Waals surface area contributed by atoms with Crippen LogP contribution in [-0.2, 0) is 14.3 Å². The van der Waals surface area contributed by atoms with Crippen molar-refractivity contribution in [2.24, 2.45) is 5.41 Å². The van der Waals surface area contributed by atoms with Crippen molar-refractivity contribution in [3.05, 3.63) is 0 Å². The first-order valence-corrected chi connectivity index (χ1v) is 6.38. The van der Waals surface area contributed by atoms with E-state index in [4.69, 9.17) is 4.74 Å². The molecule has 0 aromatic carbocycles. The van der Waals surface area contributed by atoms with E-state index in [0.29, 0.717) is 0 Å². The largest absolute Gasteiger partial charge is 0.481 e. The molecule has 0 radical (unpaired) electrons. The van der Waals surface area contributed by atoms with E-state index < -0.39 is 28.9 Å². The van der Waals surface area contributed by atoms with Crippen LogP contribution >= 0.6 is 0 Å². The number of nitrogens with one attached hydrogen (secondary N) is 1. The van der Waals surface area contributed by atoms with Crippen LogP contribution in [0.4, 0.5) is 4.79 Å². The molecular weight excluding hydrogens is 264 g/mol. The van der Waals surface area contributed by atoms with Crippen LogP contribution in [0.3, 0.4) is 0 Å². The van der Waals surface area contributed by atoms with Crippen LogP contribution < -0.4 is 5.32 Å². The van der Waals surface area contributed by atoms with Crippen LogP contribution in [-0.4, -0.2) is 53.7 Å². The molecule has 0 heterocycles. The maximum absolute atomic E-state index is 12.0. The second-order valence-corrected chi connectivity index (χ2v) is 5.65. The fourth-order valence-electron chi connectivity index (χ4n) is 1.26. The number of amides is 2. The Kier molecular flexibility index (Phi) is 5.99.